The first-order valence-electron chi connectivity index (χ1n) is 5.20. The molecule has 1 N–H and O–H groups in total. The van der Waals surface area contributed by atoms with Crippen LogP contribution in [0.2, 0.25) is 5.02 Å². The number of rotatable bonds is 2. The van der Waals surface area contributed by atoms with Gasteiger partial charge >= 0.3 is 0 Å². The van der Waals surface area contributed by atoms with E-state index in [1.165, 1.54) is 4.68 Å². The van der Waals surface area contributed by atoms with Crippen molar-refractivity contribution in [2.45, 2.75) is 32.9 Å². The normalized spacial score (nSPS) is 12.4. The van der Waals surface area contributed by atoms with Crippen LogP contribution in [0.25, 0.3) is 11.0 Å². The number of aryl methyl sites for hydroxylation is 1. The maximum absolute atomic E-state index is 13.7. The molecule has 1 heterocycles. The highest BCUT2D eigenvalue weighted by atomic mass is 35.5. The zero-order valence-corrected chi connectivity index (χ0v) is 10.6. The fraction of sp³-hybridized carbons (Fsp3) is 0.455. The van der Waals surface area contributed by atoms with Gasteiger partial charge in [-0.1, -0.05) is 16.8 Å². The zero-order valence-electron chi connectivity index (χ0n) is 9.83. The summed E-state index contributed by atoms with van der Waals surface area (Å²) < 4.78 is 15.1. The number of benzene rings is 1. The number of aliphatic hydroxyl groups is 1. The first kappa shape index (κ1) is 12.3. The zero-order chi connectivity index (χ0) is 12.8. The van der Waals surface area contributed by atoms with Gasteiger partial charge < -0.3 is 5.11 Å². The van der Waals surface area contributed by atoms with Crippen LogP contribution in [0.15, 0.2) is 6.07 Å². The molecule has 0 amide bonds. The van der Waals surface area contributed by atoms with E-state index in [1.54, 1.807) is 26.8 Å². The van der Waals surface area contributed by atoms with Crippen LogP contribution in [-0.4, -0.2) is 25.7 Å². The molecule has 4 nitrogen and oxygen atoms in total. The van der Waals surface area contributed by atoms with Crippen molar-refractivity contribution >= 4 is 22.6 Å². The van der Waals surface area contributed by atoms with Gasteiger partial charge in [0, 0.05) is 0 Å². The molecule has 0 aliphatic heterocycles. The number of nitrogens with zero attached hydrogens (tertiary/aromatic N) is 3. The van der Waals surface area contributed by atoms with Gasteiger partial charge in [-0.15, -0.1) is 5.10 Å². The molecule has 1 aromatic heterocycles. The maximum atomic E-state index is 13.7. The van der Waals surface area contributed by atoms with E-state index in [-0.39, 0.29) is 11.6 Å². The highest BCUT2D eigenvalue weighted by Gasteiger charge is 2.20. The third kappa shape index (κ3) is 2.25. The average molecular weight is 258 g/mol. The Balaban J connectivity index is 2.64. The Morgan fingerprint density at radius 2 is 2.18 bits per heavy atom. The molecule has 0 fully saturated rings. The Morgan fingerprint density at radius 1 is 1.53 bits per heavy atom. The van der Waals surface area contributed by atoms with E-state index in [1.807, 2.05) is 0 Å². The minimum absolute atomic E-state index is 0.00532. The molecule has 17 heavy (non-hydrogen) atoms. The maximum Gasteiger partial charge on any atom is 0.147 e. The predicted octanol–water partition coefficient (Wildman–Crippen LogP) is 2.30. The molecule has 0 atom stereocenters. The monoisotopic (exact) mass is 257 g/mol. The average Bonchev–Trinajstić information content (AvgIpc) is 2.55. The van der Waals surface area contributed by atoms with E-state index in [9.17, 15) is 9.50 Å². The summed E-state index contributed by atoms with van der Waals surface area (Å²) in [6.07, 6.45) is 0. The molecule has 92 valence electrons. The van der Waals surface area contributed by atoms with Gasteiger partial charge in [0.2, 0.25) is 0 Å². The Bertz CT molecular complexity index is 574. The third-order valence-electron chi connectivity index (χ3n) is 2.40. The van der Waals surface area contributed by atoms with Gasteiger partial charge in [0.05, 0.1) is 12.1 Å². The topological polar surface area (TPSA) is 50.9 Å². The summed E-state index contributed by atoms with van der Waals surface area (Å²) in [5.41, 5.74) is 0.401. The molecule has 0 unspecified atom stereocenters. The first-order valence-corrected chi connectivity index (χ1v) is 5.57. The quantitative estimate of drug-likeness (QED) is 0.898. The second kappa shape index (κ2) is 3.92. The molecular weight excluding hydrogens is 245 g/mol. The minimum Gasteiger partial charge on any atom is -0.389 e. The van der Waals surface area contributed by atoms with Crippen molar-refractivity contribution in [1.82, 2.24) is 15.0 Å². The molecule has 0 bridgehead atoms. The number of aromatic nitrogens is 3. The van der Waals surface area contributed by atoms with Gasteiger partial charge in [0.15, 0.2) is 0 Å². The van der Waals surface area contributed by atoms with Gasteiger partial charge in [0.25, 0.3) is 0 Å². The van der Waals surface area contributed by atoms with Crippen LogP contribution in [0.3, 0.4) is 0 Å². The molecule has 0 aliphatic rings. The van der Waals surface area contributed by atoms with Crippen molar-refractivity contribution < 1.29 is 9.50 Å². The van der Waals surface area contributed by atoms with E-state index in [0.29, 0.717) is 16.6 Å². The molecular formula is C11H13ClFN3O. The minimum atomic E-state index is -0.967. The van der Waals surface area contributed by atoms with Crippen molar-refractivity contribution in [3.63, 3.8) is 0 Å². The largest absolute Gasteiger partial charge is 0.389 e. The second-order valence-corrected chi connectivity index (χ2v) is 5.13. The van der Waals surface area contributed by atoms with E-state index >= 15 is 0 Å². The molecule has 2 rings (SSSR count). The second-order valence-electron chi connectivity index (χ2n) is 4.75. The standard InChI is InChI=1S/C11H13ClFN3O/c1-6-4-7-10(8(12)9(6)13)16(15-14-7)5-11(2,3)17/h4,17H,5H2,1-3H3. The van der Waals surface area contributed by atoms with Gasteiger partial charge in [-0.25, -0.2) is 9.07 Å². The number of hydrogen-bond donors (Lipinski definition) is 1. The van der Waals surface area contributed by atoms with Crippen molar-refractivity contribution in [1.29, 1.82) is 0 Å². The summed E-state index contributed by atoms with van der Waals surface area (Å²) in [6.45, 7) is 5.10. The molecule has 0 spiro atoms. The summed E-state index contributed by atoms with van der Waals surface area (Å²) in [5.74, 6) is -0.474. The molecule has 0 saturated heterocycles. The van der Waals surface area contributed by atoms with Crippen LogP contribution < -0.4 is 0 Å². The van der Waals surface area contributed by atoms with E-state index in [4.69, 9.17) is 11.6 Å². The summed E-state index contributed by atoms with van der Waals surface area (Å²) in [5, 5.41) is 17.5. The molecule has 6 heteroatoms. The first-order chi connectivity index (χ1) is 7.79. The molecule has 0 radical (unpaired) electrons. The van der Waals surface area contributed by atoms with Crippen molar-refractivity contribution in [3.8, 4) is 0 Å². The smallest absolute Gasteiger partial charge is 0.147 e. The lowest BCUT2D eigenvalue weighted by Gasteiger charge is -2.17. The van der Waals surface area contributed by atoms with E-state index in [0.717, 1.165) is 0 Å². The van der Waals surface area contributed by atoms with Crippen LogP contribution in [0, 0.1) is 12.7 Å². The van der Waals surface area contributed by atoms with E-state index < -0.39 is 11.4 Å². The summed E-state index contributed by atoms with van der Waals surface area (Å²) in [4.78, 5) is 0. The van der Waals surface area contributed by atoms with Gasteiger partial charge in [-0.05, 0) is 32.4 Å². The lowest BCUT2D eigenvalue weighted by Crippen LogP contribution is -2.26. The van der Waals surface area contributed by atoms with Gasteiger partial charge in [-0.3, -0.25) is 0 Å². The highest BCUT2D eigenvalue weighted by molar-refractivity contribution is 6.35. The van der Waals surface area contributed by atoms with Crippen molar-refractivity contribution in [2.75, 3.05) is 0 Å². The number of fused-ring (bicyclic) bond motifs is 1. The van der Waals surface area contributed by atoms with Crippen LogP contribution in [0.1, 0.15) is 19.4 Å². The van der Waals surface area contributed by atoms with Crippen molar-refractivity contribution in [3.05, 3.63) is 22.5 Å². The number of hydrogen-bond acceptors (Lipinski definition) is 3. The molecule has 0 aliphatic carbocycles. The van der Waals surface area contributed by atoms with Crippen LogP contribution in [-0.2, 0) is 6.54 Å². The Labute approximate surface area is 103 Å². The third-order valence-corrected chi connectivity index (χ3v) is 2.74. The Hall–Kier alpha value is -1.20. The Kier molecular flexibility index (Phi) is 2.83. The van der Waals surface area contributed by atoms with E-state index in [2.05, 4.69) is 10.3 Å². The molecule has 1 aromatic carbocycles. The number of halogens is 2. The summed E-state index contributed by atoms with van der Waals surface area (Å²) in [6, 6.07) is 1.59. The molecule has 2 aromatic rings. The summed E-state index contributed by atoms with van der Waals surface area (Å²) in [7, 11) is 0. The summed E-state index contributed by atoms with van der Waals surface area (Å²) >= 11 is 5.95. The van der Waals surface area contributed by atoms with Crippen LogP contribution in [0.5, 0.6) is 0 Å². The van der Waals surface area contributed by atoms with Gasteiger partial charge in [-0.2, -0.15) is 0 Å². The van der Waals surface area contributed by atoms with Crippen molar-refractivity contribution in [2.24, 2.45) is 0 Å². The lowest BCUT2D eigenvalue weighted by atomic mass is 10.1. The predicted molar refractivity (Wildman–Crippen MR) is 63.5 cm³/mol. The Morgan fingerprint density at radius 3 is 2.76 bits per heavy atom. The molecule has 0 saturated carbocycles. The SMILES string of the molecule is Cc1cc2nnn(CC(C)(C)O)c2c(Cl)c1F. The van der Waals surface area contributed by atoms with Gasteiger partial charge in [0.1, 0.15) is 21.9 Å². The fourth-order valence-corrected chi connectivity index (χ4v) is 2.02. The van der Waals surface area contributed by atoms with Crippen LogP contribution >= 0.6 is 11.6 Å². The fourth-order valence-electron chi connectivity index (χ4n) is 1.67. The highest BCUT2D eigenvalue weighted by Crippen LogP contribution is 2.28. The van der Waals surface area contributed by atoms with Crippen LogP contribution in [0.4, 0.5) is 4.39 Å². The lowest BCUT2D eigenvalue weighted by molar-refractivity contribution is 0.0585.